The lowest BCUT2D eigenvalue weighted by Crippen LogP contribution is -2.43. The number of carboxylic acids is 1. The molecule has 0 amide bonds. The van der Waals surface area contributed by atoms with Crippen molar-refractivity contribution in [2.45, 2.75) is 46.0 Å². The molecule has 2 rings (SSSR count). The van der Waals surface area contributed by atoms with Crippen LogP contribution in [0.3, 0.4) is 0 Å². The summed E-state index contributed by atoms with van der Waals surface area (Å²) in [6, 6.07) is 6.03. The zero-order valence-electron chi connectivity index (χ0n) is 11.5. The minimum atomic E-state index is -1.20. The third-order valence-electron chi connectivity index (χ3n) is 3.99. The molecule has 0 aromatic heterocycles. The lowest BCUT2D eigenvalue weighted by atomic mass is 9.69. The van der Waals surface area contributed by atoms with Crippen LogP contribution in [0.2, 0.25) is 0 Å². The van der Waals surface area contributed by atoms with Gasteiger partial charge in [0.05, 0.1) is 0 Å². The number of carbonyl (C=O) groups excluding carboxylic acids is 1. The molecule has 0 saturated heterocycles. The van der Waals surface area contributed by atoms with E-state index in [1.54, 1.807) is 0 Å². The van der Waals surface area contributed by atoms with Crippen LogP contribution in [0.25, 0.3) is 0 Å². The van der Waals surface area contributed by atoms with Crippen LogP contribution in [-0.2, 0) is 16.0 Å². The average Bonchev–Trinajstić information content (AvgIpc) is 2.30. The van der Waals surface area contributed by atoms with Crippen LogP contribution < -0.4 is 0 Å². The van der Waals surface area contributed by atoms with Crippen molar-refractivity contribution in [3.8, 4) is 0 Å². The summed E-state index contributed by atoms with van der Waals surface area (Å²) in [5, 5.41) is 9.54. The number of rotatable bonds is 3. The SMILES string of the molecule is Cc1cc(C)cc(CC2(C(=O)O)CCCCC2=O)c1. The van der Waals surface area contributed by atoms with E-state index in [0.717, 1.165) is 29.5 Å². The van der Waals surface area contributed by atoms with Gasteiger partial charge in [0.15, 0.2) is 5.78 Å². The molecule has 3 nitrogen and oxygen atoms in total. The maximum Gasteiger partial charge on any atom is 0.317 e. The van der Waals surface area contributed by atoms with Crippen molar-refractivity contribution in [3.63, 3.8) is 0 Å². The molecule has 1 aliphatic carbocycles. The van der Waals surface area contributed by atoms with Gasteiger partial charge in [0, 0.05) is 6.42 Å². The fourth-order valence-electron chi connectivity index (χ4n) is 3.10. The summed E-state index contributed by atoms with van der Waals surface area (Å²) in [6.45, 7) is 3.99. The standard InChI is InChI=1S/C16H20O3/c1-11-7-12(2)9-13(8-11)10-16(15(18)19)6-4-3-5-14(16)17/h7-9H,3-6,10H2,1-2H3,(H,18,19). The van der Waals surface area contributed by atoms with Crippen molar-refractivity contribution in [2.24, 2.45) is 5.41 Å². The van der Waals surface area contributed by atoms with E-state index in [1.807, 2.05) is 26.0 Å². The molecule has 0 aliphatic heterocycles. The van der Waals surface area contributed by atoms with E-state index >= 15 is 0 Å². The third kappa shape index (κ3) is 2.70. The van der Waals surface area contributed by atoms with Gasteiger partial charge in [0.25, 0.3) is 0 Å². The van der Waals surface area contributed by atoms with Crippen LogP contribution in [0.1, 0.15) is 42.4 Å². The molecule has 102 valence electrons. The number of hydrogen-bond donors (Lipinski definition) is 1. The summed E-state index contributed by atoms with van der Waals surface area (Å²) in [5.74, 6) is -1.07. The average molecular weight is 260 g/mol. The van der Waals surface area contributed by atoms with E-state index in [4.69, 9.17) is 0 Å². The number of carboxylic acid groups (broad SMARTS) is 1. The van der Waals surface area contributed by atoms with Crippen molar-refractivity contribution in [2.75, 3.05) is 0 Å². The topological polar surface area (TPSA) is 54.4 Å². The van der Waals surface area contributed by atoms with Crippen molar-refractivity contribution < 1.29 is 14.7 Å². The number of Topliss-reactive ketones (excluding diaryl/α,β-unsaturated/α-hetero) is 1. The second-order valence-corrected chi connectivity index (χ2v) is 5.69. The van der Waals surface area contributed by atoms with Gasteiger partial charge >= 0.3 is 5.97 Å². The molecular formula is C16H20O3. The van der Waals surface area contributed by atoms with Crippen molar-refractivity contribution in [1.82, 2.24) is 0 Å². The van der Waals surface area contributed by atoms with Gasteiger partial charge in [0.1, 0.15) is 5.41 Å². The molecule has 1 aromatic carbocycles. The van der Waals surface area contributed by atoms with Crippen LogP contribution in [-0.4, -0.2) is 16.9 Å². The van der Waals surface area contributed by atoms with Crippen molar-refractivity contribution in [1.29, 1.82) is 0 Å². The Labute approximate surface area is 113 Å². The fraction of sp³-hybridized carbons (Fsp3) is 0.500. The number of benzene rings is 1. The Balaban J connectivity index is 2.35. The van der Waals surface area contributed by atoms with Gasteiger partial charge < -0.3 is 5.11 Å². The summed E-state index contributed by atoms with van der Waals surface area (Å²) in [5.41, 5.74) is 1.98. The minimum absolute atomic E-state index is 0.106. The lowest BCUT2D eigenvalue weighted by Gasteiger charge is -2.31. The monoisotopic (exact) mass is 260 g/mol. The molecule has 1 fully saturated rings. The Bertz CT molecular complexity index is 498. The highest BCUT2D eigenvalue weighted by atomic mass is 16.4. The normalized spacial score (nSPS) is 23.4. The molecule has 0 bridgehead atoms. The molecule has 0 radical (unpaired) electrons. The highest BCUT2D eigenvalue weighted by molar-refractivity contribution is 6.03. The first kappa shape index (κ1) is 13.8. The van der Waals surface area contributed by atoms with Crippen LogP contribution in [0.4, 0.5) is 0 Å². The van der Waals surface area contributed by atoms with Gasteiger partial charge in [0.2, 0.25) is 0 Å². The number of aryl methyl sites for hydroxylation is 2. The molecule has 0 spiro atoms. The molecular weight excluding hydrogens is 240 g/mol. The Morgan fingerprint density at radius 1 is 1.21 bits per heavy atom. The highest BCUT2D eigenvalue weighted by Crippen LogP contribution is 2.37. The predicted octanol–water partition coefficient (Wildman–Crippen LogP) is 3.06. The molecule has 1 aromatic rings. The molecule has 19 heavy (non-hydrogen) atoms. The predicted molar refractivity (Wildman–Crippen MR) is 73.2 cm³/mol. The fourth-order valence-corrected chi connectivity index (χ4v) is 3.10. The Morgan fingerprint density at radius 2 is 1.84 bits per heavy atom. The number of carbonyl (C=O) groups is 2. The van der Waals surface area contributed by atoms with E-state index in [1.165, 1.54) is 0 Å². The van der Waals surface area contributed by atoms with E-state index < -0.39 is 11.4 Å². The highest BCUT2D eigenvalue weighted by Gasteiger charge is 2.46. The largest absolute Gasteiger partial charge is 0.480 e. The Kier molecular flexibility index (Phi) is 3.74. The van der Waals surface area contributed by atoms with E-state index in [0.29, 0.717) is 19.3 Å². The smallest absolute Gasteiger partial charge is 0.317 e. The van der Waals surface area contributed by atoms with Gasteiger partial charge in [-0.3, -0.25) is 9.59 Å². The summed E-state index contributed by atoms with van der Waals surface area (Å²) >= 11 is 0. The van der Waals surface area contributed by atoms with Crippen LogP contribution in [0.5, 0.6) is 0 Å². The summed E-state index contributed by atoms with van der Waals surface area (Å²) in [4.78, 5) is 23.8. The quantitative estimate of drug-likeness (QED) is 0.850. The van der Waals surface area contributed by atoms with Crippen LogP contribution in [0.15, 0.2) is 18.2 Å². The zero-order chi connectivity index (χ0) is 14.0. The van der Waals surface area contributed by atoms with Crippen LogP contribution >= 0.6 is 0 Å². The maximum absolute atomic E-state index is 12.2. The van der Waals surface area contributed by atoms with Gasteiger partial charge in [-0.25, -0.2) is 0 Å². The molecule has 0 heterocycles. The number of hydrogen-bond acceptors (Lipinski definition) is 2. The van der Waals surface area contributed by atoms with E-state index in [2.05, 4.69) is 6.07 Å². The minimum Gasteiger partial charge on any atom is -0.480 e. The number of ketones is 1. The molecule has 1 atom stereocenters. The van der Waals surface area contributed by atoms with Gasteiger partial charge in [-0.05, 0) is 38.7 Å². The van der Waals surface area contributed by atoms with E-state index in [-0.39, 0.29) is 5.78 Å². The lowest BCUT2D eigenvalue weighted by molar-refractivity contribution is -0.157. The first-order valence-corrected chi connectivity index (χ1v) is 6.78. The van der Waals surface area contributed by atoms with Gasteiger partial charge in [-0.1, -0.05) is 35.7 Å². The first-order chi connectivity index (χ1) is 8.94. The molecule has 1 unspecified atom stereocenters. The summed E-state index contributed by atoms with van der Waals surface area (Å²) in [7, 11) is 0. The first-order valence-electron chi connectivity index (χ1n) is 6.78. The number of aliphatic carboxylic acids is 1. The van der Waals surface area contributed by atoms with E-state index in [9.17, 15) is 14.7 Å². The third-order valence-corrected chi connectivity index (χ3v) is 3.99. The molecule has 1 aliphatic rings. The van der Waals surface area contributed by atoms with Crippen LogP contribution in [0, 0.1) is 19.3 Å². The van der Waals surface area contributed by atoms with Gasteiger partial charge in [-0.2, -0.15) is 0 Å². The Morgan fingerprint density at radius 3 is 2.37 bits per heavy atom. The van der Waals surface area contributed by atoms with Crippen molar-refractivity contribution >= 4 is 11.8 Å². The maximum atomic E-state index is 12.2. The second kappa shape index (κ2) is 5.16. The van der Waals surface area contributed by atoms with Crippen molar-refractivity contribution in [3.05, 3.63) is 34.9 Å². The molecule has 1 saturated carbocycles. The summed E-state index contributed by atoms with van der Waals surface area (Å²) < 4.78 is 0. The molecule has 1 N–H and O–H groups in total. The second-order valence-electron chi connectivity index (χ2n) is 5.69. The molecule has 3 heteroatoms. The Hall–Kier alpha value is -1.64. The zero-order valence-corrected chi connectivity index (χ0v) is 11.5. The summed E-state index contributed by atoms with van der Waals surface area (Å²) in [6.07, 6.45) is 2.83. The van der Waals surface area contributed by atoms with Gasteiger partial charge in [-0.15, -0.1) is 0 Å².